The summed E-state index contributed by atoms with van der Waals surface area (Å²) in [4.78, 5) is 18.9. The lowest BCUT2D eigenvalue weighted by atomic mass is 10.1. The van der Waals surface area contributed by atoms with Crippen LogP contribution in [0.25, 0.3) is 0 Å². The first-order valence-corrected chi connectivity index (χ1v) is 12.1. The van der Waals surface area contributed by atoms with Gasteiger partial charge in [-0.15, -0.1) is 5.10 Å². The van der Waals surface area contributed by atoms with Crippen LogP contribution in [0.2, 0.25) is 5.02 Å². The number of aryl methyl sites for hydroxylation is 2. The number of hydrogen-bond donors (Lipinski definition) is 0. The molecule has 0 N–H and O–H groups in total. The maximum absolute atomic E-state index is 13.2. The Kier molecular flexibility index (Phi) is 6.73. The van der Waals surface area contributed by atoms with Crippen molar-refractivity contribution in [1.82, 2.24) is 20.0 Å². The summed E-state index contributed by atoms with van der Waals surface area (Å²) in [7, 11) is -2.74. The standard InChI is InChI=1S/C19H24ClN7O2S/c1-4-7-27-12-17(23-25-27)19(28)24-30(3,29)15-5-8-26(9-6-15)18-16(20)10-14(11-21)13(2)22-18/h10,12,15H,4-9H2,1-3H3. The zero-order valence-corrected chi connectivity index (χ0v) is 18.8. The summed E-state index contributed by atoms with van der Waals surface area (Å²) in [5.41, 5.74) is 1.18. The van der Waals surface area contributed by atoms with Crippen molar-refractivity contribution >= 4 is 33.1 Å². The molecule has 2 aromatic heterocycles. The monoisotopic (exact) mass is 449 g/mol. The van der Waals surface area contributed by atoms with Gasteiger partial charge in [0.15, 0.2) is 5.69 Å². The fourth-order valence-electron chi connectivity index (χ4n) is 3.43. The fraction of sp³-hybridized carbons (Fsp3) is 0.526. The van der Waals surface area contributed by atoms with Gasteiger partial charge in [0, 0.05) is 31.1 Å². The number of amides is 1. The normalized spacial score (nSPS) is 16.7. The minimum absolute atomic E-state index is 0.111. The highest BCUT2D eigenvalue weighted by Crippen LogP contribution is 2.30. The summed E-state index contributed by atoms with van der Waals surface area (Å²) in [6.45, 7) is 5.60. The van der Waals surface area contributed by atoms with Gasteiger partial charge in [-0.1, -0.05) is 23.7 Å². The zero-order valence-electron chi connectivity index (χ0n) is 17.2. The van der Waals surface area contributed by atoms with E-state index in [1.54, 1.807) is 17.7 Å². The third kappa shape index (κ3) is 4.79. The second-order valence-electron chi connectivity index (χ2n) is 7.35. The van der Waals surface area contributed by atoms with Crippen LogP contribution in [0, 0.1) is 18.3 Å². The van der Waals surface area contributed by atoms with Crippen molar-refractivity contribution in [2.24, 2.45) is 4.36 Å². The molecule has 0 saturated carbocycles. The van der Waals surface area contributed by atoms with E-state index in [-0.39, 0.29) is 10.9 Å². The molecule has 0 spiro atoms. The van der Waals surface area contributed by atoms with Crippen molar-refractivity contribution in [3.63, 3.8) is 0 Å². The lowest BCUT2D eigenvalue weighted by molar-refractivity contribution is 0.1000. The SMILES string of the molecule is CCCn1cc(C(=O)N=S(C)(=O)C2CCN(c3nc(C)c(C#N)cc3Cl)CC2)nn1. The molecule has 160 valence electrons. The number of anilines is 1. The van der Waals surface area contributed by atoms with Gasteiger partial charge >= 0.3 is 5.91 Å². The van der Waals surface area contributed by atoms with E-state index < -0.39 is 15.6 Å². The highest BCUT2D eigenvalue weighted by Gasteiger charge is 2.28. The van der Waals surface area contributed by atoms with Crippen LogP contribution in [0.1, 0.15) is 47.9 Å². The van der Waals surface area contributed by atoms with E-state index in [0.29, 0.717) is 54.6 Å². The van der Waals surface area contributed by atoms with Gasteiger partial charge in [-0.3, -0.25) is 9.48 Å². The largest absolute Gasteiger partial charge is 0.355 e. The molecule has 11 heteroatoms. The molecule has 0 bridgehead atoms. The number of nitriles is 1. The van der Waals surface area contributed by atoms with E-state index in [2.05, 4.69) is 25.7 Å². The molecular formula is C19H24ClN7O2S. The number of rotatable bonds is 5. The van der Waals surface area contributed by atoms with E-state index in [4.69, 9.17) is 16.9 Å². The predicted molar refractivity (Wildman–Crippen MR) is 115 cm³/mol. The smallest absolute Gasteiger partial charge is 0.307 e. The van der Waals surface area contributed by atoms with Gasteiger partial charge in [0.25, 0.3) is 0 Å². The van der Waals surface area contributed by atoms with Gasteiger partial charge in [-0.25, -0.2) is 9.19 Å². The van der Waals surface area contributed by atoms with Gasteiger partial charge in [-0.05, 0) is 32.3 Å². The minimum Gasteiger partial charge on any atom is -0.355 e. The van der Waals surface area contributed by atoms with Crippen LogP contribution in [0.3, 0.4) is 0 Å². The molecule has 1 aliphatic rings. The van der Waals surface area contributed by atoms with E-state index in [1.165, 1.54) is 12.5 Å². The first-order valence-electron chi connectivity index (χ1n) is 9.72. The van der Waals surface area contributed by atoms with Crippen molar-refractivity contribution < 1.29 is 9.00 Å². The van der Waals surface area contributed by atoms with Gasteiger partial charge in [-0.2, -0.15) is 9.62 Å². The minimum atomic E-state index is -2.74. The third-order valence-electron chi connectivity index (χ3n) is 5.10. The molecule has 3 heterocycles. The summed E-state index contributed by atoms with van der Waals surface area (Å²) in [6, 6.07) is 3.69. The number of pyridine rings is 1. The predicted octanol–water partition coefficient (Wildman–Crippen LogP) is 2.82. The molecule has 1 unspecified atom stereocenters. The first kappa shape index (κ1) is 22.2. The second-order valence-corrected chi connectivity index (χ2v) is 10.3. The van der Waals surface area contributed by atoms with Crippen LogP contribution in [-0.4, -0.2) is 54.7 Å². The molecule has 1 fully saturated rings. The highest BCUT2D eigenvalue weighted by atomic mass is 35.5. The molecule has 30 heavy (non-hydrogen) atoms. The first-order chi connectivity index (χ1) is 14.2. The number of aromatic nitrogens is 4. The van der Waals surface area contributed by atoms with E-state index in [0.717, 1.165) is 6.42 Å². The molecular weight excluding hydrogens is 426 g/mol. The van der Waals surface area contributed by atoms with Crippen LogP contribution in [0.4, 0.5) is 5.82 Å². The van der Waals surface area contributed by atoms with Crippen molar-refractivity contribution in [2.45, 2.75) is 44.9 Å². The molecule has 0 radical (unpaired) electrons. The Morgan fingerprint density at radius 3 is 2.77 bits per heavy atom. The van der Waals surface area contributed by atoms with Gasteiger partial charge in [0.1, 0.15) is 11.9 Å². The summed E-state index contributed by atoms with van der Waals surface area (Å²) >= 11 is 6.31. The van der Waals surface area contributed by atoms with E-state index >= 15 is 0 Å². The van der Waals surface area contributed by atoms with E-state index in [1.807, 2.05) is 11.8 Å². The van der Waals surface area contributed by atoms with Crippen molar-refractivity contribution in [3.05, 3.63) is 34.2 Å². The molecule has 3 rings (SSSR count). The molecule has 1 saturated heterocycles. The van der Waals surface area contributed by atoms with E-state index in [9.17, 15) is 9.00 Å². The van der Waals surface area contributed by atoms with Crippen LogP contribution in [0.15, 0.2) is 16.6 Å². The highest BCUT2D eigenvalue weighted by molar-refractivity contribution is 7.93. The van der Waals surface area contributed by atoms with Crippen molar-refractivity contribution in [2.75, 3.05) is 24.2 Å². The van der Waals surface area contributed by atoms with Crippen molar-refractivity contribution in [3.8, 4) is 6.07 Å². The number of piperidine rings is 1. The molecule has 0 aromatic carbocycles. The van der Waals surface area contributed by atoms with Gasteiger partial charge in [0.2, 0.25) is 0 Å². The summed E-state index contributed by atoms with van der Waals surface area (Å²) in [5, 5.41) is 17.0. The Bertz CT molecular complexity index is 1110. The van der Waals surface area contributed by atoms with Gasteiger partial charge in [0.05, 0.1) is 32.2 Å². The lowest BCUT2D eigenvalue weighted by Gasteiger charge is -2.33. The lowest BCUT2D eigenvalue weighted by Crippen LogP contribution is -2.39. The summed E-state index contributed by atoms with van der Waals surface area (Å²) < 4.78 is 18.7. The molecule has 2 aromatic rings. The Morgan fingerprint density at radius 1 is 1.43 bits per heavy atom. The second kappa shape index (κ2) is 9.10. The number of nitrogens with zero attached hydrogens (tertiary/aromatic N) is 7. The Balaban J connectivity index is 1.71. The fourth-order valence-corrected chi connectivity index (χ4v) is 5.36. The number of carbonyl (C=O) groups excluding carboxylic acids is 1. The Morgan fingerprint density at radius 2 is 2.13 bits per heavy atom. The number of halogens is 1. The quantitative estimate of drug-likeness (QED) is 0.688. The molecule has 1 atom stereocenters. The number of hydrogen-bond acceptors (Lipinski definition) is 7. The summed E-state index contributed by atoms with van der Waals surface area (Å²) in [6.07, 6.45) is 5.11. The van der Waals surface area contributed by atoms with Crippen LogP contribution < -0.4 is 4.90 Å². The molecule has 1 aliphatic heterocycles. The average Bonchev–Trinajstić information content (AvgIpc) is 3.18. The van der Waals surface area contributed by atoms with Crippen LogP contribution in [0.5, 0.6) is 0 Å². The molecule has 9 nitrogen and oxygen atoms in total. The third-order valence-corrected chi connectivity index (χ3v) is 7.62. The maximum Gasteiger partial charge on any atom is 0.307 e. The topological polar surface area (TPSA) is 117 Å². The summed E-state index contributed by atoms with van der Waals surface area (Å²) in [5.74, 6) is 0.0227. The zero-order chi connectivity index (χ0) is 21.9. The maximum atomic E-state index is 13.2. The van der Waals surface area contributed by atoms with Crippen LogP contribution >= 0.6 is 11.6 Å². The van der Waals surface area contributed by atoms with Crippen molar-refractivity contribution in [1.29, 1.82) is 5.26 Å². The molecule has 1 amide bonds. The molecule has 0 aliphatic carbocycles. The Hall–Kier alpha value is -2.51. The number of carbonyl (C=O) groups is 1. The Labute approximate surface area is 181 Å². The van der Waals surface area contributed by atoms with Crippen LogP contribution in [-0.2, 0) is 16.3 Å². The average molecular weight is 450 g/mol. The van der Waals surface area contributed by atoms with Gasteiger partial charge < -0.3 is 4.90 Å².